The fourth-order valence-electron chi connectivity index (χ4n) is 2.62. The quantitative estimate of drug-likeness (QED) is 0.610. The lowest BCUT2D eigenvalue weighted by atomic mass is 9.96. The van der Waals surface area contributed by atoms with Gasteiger partial charge in [-0.15, -0.1) is 0 Å². The van der Waals surface area contributed by atoms with Crippen LogP contribution in [0.5, 0.6) is 0 Å². The zero-order valence-corrected chi connectivity index (χ0v) is 10.7. The van der Waals surface area contributed by atoms with Crippen LogP contribution in [0.2, 0.25) is 0 Å². The molecule has 0 aromatic rings. The van der Waals surface area contributed by atoms with Crippen molar-refractivity contribution in [2.75, 3.05) is 33.3 Å². The van der Waals surface area contributed by atoms with Gasteiger partial charge in [0.2, 0.25) is 5.91 Å². The number of hydrogen-bond donors (Lipinski definition) is 0. The van der Waals surface area contributed by atoms with E-state index >= 15 is 0 Å². The monoisotopic (exact) mass is 226 g/mol. The minimum Gasteiger partial charge on any atom is -0.362 e. The van der Waals surface area contributed by atoms with Gasteiger partial charge in [0.25, 0.3) is 0 Å². The predicted octanol–water partition coefficient (Wildman–Crippen LogP) is 0.718. The summed E-state index contributed by atoms with van der Waals surface area (Å²) in [4.78, 5) is 16.1. The van der Waals surface area contributed by atoms with Crippen LogP contribution in [-0.4, -0.2) is 60.1 Å². The molecule has 1 unspecified atom stereocenters. The van der Waals surface area contributed by atoms with Crippen molar-refractivity contribution in [3.05, 3.63) is 0 Å². The van der Waals surface area contributed by atoms with E-state index in [1.807, 2.05) is 4.90 Å². The summed E-state index contributed by atoms with van der Waals surface area (Å²) in [5.41, 5.74) is -0.217. The van der Waals surface area contributed by atoms with Gasteiger partial charge in [-0.1, -0.05) is 0 Å². The first kappa shape index (κ1) is 11.9. The topological polar surface area (TPSA) is 32.8 Å². The molecule has 0 aromatic carbocycles. The lowest BCUT2D eigenvalue weighted by Gasteiger charge is -2.46. The standard InChI is InChI=1S/C12H22N2O2/c1-11(2,3)14-9-12(16-7-10(14)15)5-6-13(4)8-12/h5-9H2,1-4H3. The second kappa shape index (κ2) is 3.70. The molecule has 2 fully saturated rings. The summed E-state index contributed by atoms with van der Waals surface area (Å²) >= 11 is 0. The van der Waals surface area contributed by atoms with E-state index in [1.165, 1.54) is 0 Å². The van der Waals surface area contributed by atoms with E-state index in [2.05, 4.69) is 32.7 Å². The van der Waals surface area contributed by atoms with Gasteiger partial charge in [-0.25, -0.2) is 0 Å². The zero-order valence-electron chi connectivity index (χ0n) is 10.7. The van der Waals surface area contributed by atoms with Crippen LogP contribution in [0, 0.1) is 0 Å². The Bertz CT molecular complexity index is 298. The molecule has 2 saturated heterocycles. The number of hydrogen-bond acceptors (Lipinski definition) is 3. The van der Waals surface area contributed by atoms with E-state index in [-0.39, 0.29) is 23.7 Å². The molecule has 0 radical (unpaired) electrons. The largest absolute Gasteiger partial charge is 0.362 e. The molecular weight excluding hydrogens is 204 g/mol. The number of likely N-dealkylation sites (N-methyl/N-ethyl adjacent to an activating group) is 1. The second-order valence-electron chi connectivity index (χ2n) is 6.11. The molecule has 0 bridgehead atoms. The number of morpholine rings is 1. The molecule has 2 aliphatic rings. The molecule has 2 heterocycles. The first-order valence-corrected chi connectivity index (χ1v) is 5.95. The van der Waals surface area contributed by atoms with Crippen LogP contribution < -0.4 is 0 Å². The third kappa shape index (κ3) is 2.09. The third-order valence-corrected chi connectivity index (χ3v) is 3.57. The number of carbonyl (C=O) groups excluding carboxylic acids is 1. The second-order valence-corrected chi connectivity index (χ2v) is 6.11. The number of likely N-dealkylation sites (tertiary alicyclic amines) is 1. The van der Waals surface area contributed by atoms with Gasteiger partial charge >= 0.3 is 0 Å². The van der Waals surface area contributed by atoms with Gasteiger partial charge in [0.1, 0.15) is 12.2 Å². The lowest BCUT2D eigenvalue weighted by molar-refractivity contribution is -0.169. The van der Waals surface area contributed by atoms with Gasteiger partial charge < -0.3 is 14.5 Å². The Hall–Kier alpha value is -0.610. The Balaban J connectivity index is 2.14. The number of nitrogens with zero attached hydrogens (tertiary/aromatic N) is 2. The van der Waals surface area contributed by atoms with Gasteiger partial charge in [-0.05, 0) is 34.2 Å². The van der Waals surface area contributed by atoms with Gasteiger partial charge in [-0.2, -0.15) is 0 Å². The molecular formula is C12H22N2O2. The molecule has 1 atom stereocenters. The molecule has 4 nitrogen and oxygen atoms in total. The molecule has 0 saturated carbocycles. The van der Waals surface area contributed by atoms with Crippen molar-refractivity contribution in [2.24, 2.45) is 0 Å². The summed E-state index contributed by atoms with van der Waals surface area (Å²) in [6.45, 7) is 9.23. The normalized spacial score (nSPS) is 32.8. The van der Waals surface area contributed by atoms with Crippen molar-refractivity contribution in [2.45, 2.75) is 38.3 Å². The third-order valence-electron chi connectivity index (χ3n) is 3.57. The molecule has 2 aliphatic heterocycles. The molecule has 1 amide bonds. The lowest BCUT2D eigenvalue weighted by Crippen LogP contribution is -2.60. The van der Waals surface area contributed by atoms with E-state index in [9.17, 15) is 4.79 Å². The van der Waals surface area contributed by atoms with Crippen molar-refractivity contribution in [1.29, 1.82) is 0 Å². The Kier molecular flexibility index (Phi) is 2.75. The summed E-state index contributed by atoms with van der Waals surface area (Å²) in [7, 11) is 2.11. The number of ether oxygens (including phenoxy) is 1. The molecule has 0 aromatic heterocycles. The maximum Gasteiger partial charge on any atom is 0.249 e. The Morgan fingerprint density at radius 1 is 1.31 bits per heavy atom. The van der Waals surface area contributed by atoms with Crippen molar-refractivity contribution < 1.29 is 9.53 Å². The molecule has 0 aliphatic carbocycles. The summed E-state index contributed by atoms with van der Waals surface area (Å²) in [5.74, 6) is 0.118. The minimum atomic E-state index is -0.115. The molecule has 2 rings (SSSR count). The van der Waals surface area contributed by atoms with Crippen LogP contribution in [0.25, 0.3) is 0 Å². The van der Waals surface area contributed by atoms with Crippen LogP contribution in [0.4, 0.5) is 0 Å². The molecule has 1 spiro atoms. The highest BCUT2D eigenvalue weighted by atomic mass is 16.5. The van der Waals surface area contributed by atoms with Crippen LogP contribution in [-0.2, 0) is 9.53 Å². The van der Waals surface area contributed by atoms with E-state index in [1.54, 1.807) is 0 Å². The van der Waals surface area contributed by atoms with E-state index in [0.29, 0.717) is 0 Å². The number of amides is 1. The summed E-state index contributed by atoms with van der Waals surface area (Å²) in [5, 5.41) is 0. The SMILES string of the molecule is CN1CCC2(C1)CN(C(C)(C)C)C(=O)CO2. The van der Waals surface area contributed by atoms with Crippen LogP contribution in [0.3, 0.4) is 0 Å². The molecule has 16 heavy (non-hydrogen) atoms. The van der Waals surface area contributed by atoms with Crippen LogP contribution in [0.1, 0.15) is 27.2 Å². The minimum absolute atomic E-state index is 0.102. The van der Waals surface area contributed by atoms with E-state index in [4.69, 9.17) is 4.74 Å². The Labute approximate surface area is 97.5 Å². The van der Waals surface area contributed by atoms with Crippen molar-refractivity contribution in [1.82, 2.24) is 9.80 Å². The average Bonchev–Trinajstić information content (AvgIpc) is 2.51. The highest BCUT2D eigenvalue weighted by Crippen LogP contribution is 2.31. The van der Waals surface area contributed by atoms with Gasteiger partial charge in [0.05, 0.1) is 6.54 Å². The Morgan fingerprint density at radius 2 is 2.00 bits per heavy atom. The highest BCUT2D eigenvalue weighted by molar-refractivity contribution is 5.79. The fraction of sp³-hybridized carbons (Fsp3) is 0.917. The number of carbonyl (C=O) groups is 1. The van der Waals surface area contributed by atoms with Gasteiger partial charge in [0.15, 0.2) is 0 Å². The number of rotatable bonds is 0. The zero-order chi connectivity index (χ0) is 12.0. The van der Waals surface area contributed by atoms with Crippen molar-refractivity contribution >= 4 is 5.91 Å². The maximum atomic E-state index is 11.8. The molecule has 4 heteroatoms. The smallest absolute Gasteiger partial charge is 0.249 e. The predicted molar refractivity (Wildman–Crippen MR) is 62.3 cm³/mol. The Morgan fingerprint density at radius 3 is 2.50 bits per heavy atom. The van der Waals surface area contributed by atoms with Gasteiger partial charge in [-0.3, -0.25) is 4.79 Å². The van der Waals surface area contributed by atoms with Crippen LogP contribution >= 0.6 is 0 Å². The van der Waals surface area contributed by atoms with Crippen LogP contribution in [0.15, 0.2) is 0 Å². The first-order chi connectivity index (χ1) is 7.32. The average molecular weight is 226 g/mol. The fourth-order valence-corrected chi connectivity index (χ4v) is 2.62. The summed E-state index contributed by atoms with van der Waals surface area (Å²) < 4.78 is 5.80. The highest BCUT2D eigenvalue weighted by Gasteiger charge is 2.46. The van der Waals surface area contributed by atoms with E-state index < -0.39 is 0 Å². The summed E-state index contributed by atoms with van der Waals surface area (Å²) in [6.07, 6.45) is 1.03. The molecule has 92 valence electrons. The van der Waals surface area contributed by atoms with Gasteiger partial charge in [0, 0.05) is 18.6 Å². The summed E-state index contributed by atoms with van der Waals surface area (Å²) in [6, 6.07) is 0. The van der Waals surface area contributed by atoms with Crippen molar-refractivity contribution in [3.63, 3.8) is 0 Å². The van der Waals surface area contributed by atoms with Crippen molar-refractivity contribution in [3.8, 4) is 0 Å². The first-order valence-electron chi connectivity index (χ1n) is 5.95. The van der Waals surface area contributed by atoms with E-state index in [0.717, 1.165) is 26.1 Å². The molecule has 0 N–H and O–H groups in total. The maximum absolute atomic E-state index is 11.8.